The first-order valence-corrected chi connectivity index (χ1v) is 8.01. The SMILES string of the molecule is N/C(=C1/C=CC=CN1)c1ccc(-c2cccc3ccccc23)cc1. The molecular weight excluding hydrogens is 292 g/mol. The molecule has 1 heterocycles. The molecule has 0 saturated heterocycles. The van der Waals surface area contributed by atoms with Crippen LogP contribution in [0.3, 0.4) is 0 Å². The summed E-state index contributed by atoms with van der Waals surface area (Å²) in [6.07, 6.45) is 7.78. The molecular formula is C22H18N2. The van der Waals surface area contributed by atoms with E-state index in [1.54, 1.807) is 0 Å². The summed E-state index contributed by atoms with van der Waals surface area (Å²) >= 11 is 0. The van der Waals surface area contributed by atoms with Gasteiger partial charge in [0, 0.05) is 6.20 Å². The first kappa shape index (κ1) is 14.3. The lowest BCUT2D eigenvalue weighted by Gasteiger charge is -2.12. The third kappa shape index (κ3) is 2.59. The van der Waals surface area contributed by atoms with E-state index in [1.165, 1.54) is 21.9 Å². The van der Waals surface area contributed by atoms with E-state index in [0.29, 0.717) is 0 Å². The van der Waals surface area contributed by atoms with Gasteiger partial charge in [-0.3, -0.25) is 0 Å². The van der Waals surface area contributed by atoms with Crippen molar-refractivity contribution in [3.63, 3.8) is 0 Å². The molecule has 0 aliphatic carbocycles. The van der Waals surface area contributed by atoms with Crippen molar-refractivity contribution in [2.24, 2.45) is 5.73 Å². The first-order chi connectivity index (χ1) is 11.8. The van der Waals surface area contributed by atoms with Crippen molar-refractivity contribution in [1.82, 2.24) is 5.32 Å². The van der Waals surface area contributed by atoms with Crippen LogP contribution in [0.25, 0.3) is 27.6 Å². The van der Waals surface area contributed by atoms with Gasteiger partial charge in [-0.25, -0.2) is 0 Å². The Balaban J connectivity index is 1.74. The number of benzene rings is 3. The van der Waals surface area contributed by atoms with Crippen LogP contribution in [0.15, 0.2) is 96.9 Å². The average molecular weight is 310 g/mol. The van der Waals surface area contributed by atoms with Crippen LogP contribution in [0.5, 0.6) is 0 Å². The van der Waals surface area contributed by atoms with Gasteiger partial charge >= 0.3 is 0 Å². The Labute approximate surface area is 141 Å². The highest BCUT2D eigenvalue weighted by molar-refractivity contribution is 5.96. The van der Waals surface area contributed by atoms with Crippen LogP contribution >= 0.6 is 0 Å². The molecule has 4 rings (SSSR count). The molecule has 0 atom stereocenters. The van der Waals surface area contributed by atoms with E-state index in [1.807, 2.05) is 24.4 Å². The maximum Gasteiger partial charge on any atom is 0.0626 e. The summed E-state index contributed by atoms with van der Waals surface area (Å²) in [6.45, 7) is 0. The van der Waals surface area contributed by atoms with Gasteiger partial charge < -0.3 is 11.1 Å². The van der Waals surface area contributed by atoms with Gasteiger partial charge in [0.05, 0.1) is 11.4 Å². The van der Waals surface area contributed by atoms with Crippen molar-refractivity contribution < 1.29 is 0 Å². The van der Waals surface area contributed by atoms with Crippen LogP contribution in [0, 0.1) is 0 Å². The number of dihydropyridines is 1. The number of hydrogen-bond donors (Lipinski definition) is 2. The van der Waals surface area contributed by atoms with Gasteiger partial charge in [-0.05, 0) is 39.6 Å². The smallest absolute Gasteiger partial charge is 0.0626 e. The number of fused-ring (bicyclic) bond motifs is 1. The summed E-state index contributed by atoms with van der Waals surface area (Å²) in [6, 6.07) is 23.3. The Morgan fingerprint density at radius 1 is 0.792 bits per heavy atom. The van der Waals surface area contributed by atoms with E-state index in [9.17, 15) is 0 Å². The lowest BCUT2D eigenvalue weighted by Crippen LogP contribution is -2.12. The normalized spacial score (nSPS) is 15.3. The molecule has 0 amide bonds. The maximum absolute atomic E-state index is 6.28. The third-order valence-corrected chi connectivity index (χ3v) is 4.30. The van der Waals surface area contributed by atoms with Gasteiger partial charge in [0.1, 0.15) is 0 Å². The molecule has 3 aromatic rings. The molecule has 0 saturated carbocycles. The molecule has 3 N–H and O–H groups in total. The second-order valence-corrected chi connectivity index (χ2v) is 5.79. The highest BCUT2D eigenvalue weighted by Gasteiger charge is 2.06. The van der Waals surface area contributed by atoms with Crippen molar-refractivity contribution in [2.75, 3.05) is 0 Å². The van der Waals surface area contributed by atoms with Gasteiger partial charge in [0.25, 0.3) is 0 Å². The quantitative estimate of drug-likeness (QED) is 0.713. The van der Waals surface area contributed by atoms with Gasteiger partial charge in [-0.15, -0.1) is 0 Å². The molecule has 0 bridgehead atoms. The fraction of sp³-hybridized carbons (Fsp3) is 0. The monoisotopic (exact) mass is 310 g/mol. The second-order valence-electron chi connectivity index (χ2n) is 5.79. The van der Waals surface area contributed by atoms with E-state index in [0.717, 1.165) is 17.0 Å². The van der Waals surface area contributed by atoms with Crippen LogP contribution in [0.1, 0.15) is 5.56 Å². The summed E-state index contributed by atoms with van der Waals surface area (Å²) in [4.78, 5) is 0. The topological polar surface area (TPSA) is 38.0 Å². The largest absolute Gasteiger partial charge is 0.397 e. The third-order valence-electron chi connectivity index (χ3n) is 4.30. The number of rotatable bonds is 2. The Hall–Kier alpha value is -3.26. The number of hydrogen-bond acceptors (Lipinski definition) is 2. The van der Waals surface area contributed by atoms with Crippen molar-refractivity contribution in [3.8, 4) is 11.1 Å². The Morgan fingerprint density at radius 2 is 1.58 bits per heavy atom. The predicted molar refractivity (Wildman–Crippen MR) is 102 cm³/mol. The molecule has 1 aliphatic heterocycles. The summed E-state index contributed by atoms with van der Waals surface area (Å²) < 4.78 is 0. The molecule has 0 radical (unpaired) electrons. The molecule has 0 unspecified atom stereocenters. The molecule has 0 fully saturated rings. The molecule has 2 heteroatoms. The van der Waals surface area contributed by atoms with Gasteiger partial charge in [0.2, 0.25) is 0 Å². The molecule has 2 nitrogen and oxygen atoms in total. The Kier molecular flexibility index (Phi) is 3.64. The standard InChI is InChI=1S/C22H18N2/c23-22(21-10-3-4-15-24-21)18-13-11-17(12-14-18)20-9-5-7-16-6-1-2-8-19(16)20/h1-15,24H,23H2/b22-21-. The van der Waals surface area contributed by atoms with E-state index >= 15 is 0 Å². The van der Waals surface area contributed by atoms with Crippen LogP contribution in [-0.4, -0.2) is 0 Å². The van der Waals surface area contributed by atoms with Crippen LogP contribution in [-0.2, 0) is 0 Å². The highest BCUT2D eigenvalue weighted by atomic mass is 14.9. The molecule has 3 aromatic carbocycles. The van der Waals surface area contributed by atoms with Crippen molar-refractivity contribution in [2.45, 2.75) is 0 Å². The fourth-order valence-electron chi connectivity index (χ4n) is 3.02. The van der Waals surface area contributed by atoms with Gasteiger partial charge in [0.15, 0.2) is 0 Å². The Morgan fingerprint density at radius 3 is 2.38 bits per heavy atom. The number of allylic oxidation sites excluding steroid dienone is 3. The summed E-state index contributed by atoms with van der Waals surface area (Å²) in [5.74, 6) is 0. The summed E-state index contributed by atoms with van der Waals surface area (Å²) in [7, 11) is 0. The summed E-state index contributed by atoms with van der Waals surface area (Å²) in [5.41, 5.74) is 11.4. The second kappa shape index (κ2) is 6.09. The Bertz CT molecular complexity index is 971. The van der Waals surface area contributed by atoms with E-state index < -0.39 is 0 Å². The van der Waals surface area contributed by atoms with Crippen LogP contribution < -0.4 is 11.1 Å². The predicted octanol–water partition coefficient (Wildman–Crippen LogP) is 4.81. The molecule has 116 valence electrons. The maximum atomic E-state index is 6.28. The van der Waals surface area contributed by atoms with Crippen molar-refractivity contribution in [3.05, 3.63) is 102 Å². The zero-order valence-electron chi connectivity index (χ0n) is 13.2. The zero-order chi connectivity index (χ0) is 16.4. The van der Waals surface area contributed by atoms with Gasteiger partial charge in [-0.2, -0.15) is 0 Å². The molecule has 0 spiro atoms. The highest BCUT2D eigenvalue weighted by Crippen LogP contribution is 2.29. The minimum absolute atomic E-state index is 0.750. The van der Waals surface area contributed by atoms with E-state index in [4.69, 9.17) is 5.73 Å². The van der Waals surface area contributed by atoms with Crippen molar-refractivity contribution >= 4 is 16.5 Å². The van der Waals surface area contributed by atoms with Crippen LogP contribution in [0.2, 0.25) is 0 Å². The molecule has 0 aromatic heterocycles. The first-order valence-electron chi connectivity index (χ1n) is 8.01. The fourth-order valence-corrected chi connectivity index (χ4v) is 3.02. The lowest BCUT2D eigenvalue weighted by atomic mass is 9.97. The lowest BCUT2D eigenvalue weighted by molar-refractivity contribution is 1.09. The number of nitrogens with two attached hydrogens (primary N) is 1. The summed E-state index contributed by atoms with van der Waals surface area (Å²) in [5, 5.41) is 5.69. The molecule has 1 aliphatic rings. The van der Waals surface area contributed by atoms with Gasteiger partial charge in [-0.1, -0.05) is 72.8 Å². The van der Waals surface area contributed by atoms with Crippen molar-refractivity contribution in [1.29, 1.82) is 0 Å². The average Bonchev–Trinajstić information content (AvgIpc) is 2.68. The van der Waals surface area contributed by atoms with E-state index in [-0.39, 0.29) is 0 Å². The van der Waals surface area contributed by atoms with E-state index in [2.05, 4.69) is 72.0 Å². The minimum atomic E-state index is 0.750. The zero-order valence-corrected chi connectivity index (χ0v) is 13.2. The van der Waals surface area contributed by atoms with Crippen LogP contribution in [0.4, 0.5) is 0 Å². The molecule has 24 heavy (non-hydrogen) atoms. The number of nitrogens with one attached hydrogen (secondary N) is 1. The minimum Gasteiger partial charge on any atom is -0.397 e.